The largest absolute Gasteiger partial charge is 0.367 e. The van der Waals surface area contributed by atoms with Gasteiger partial charge in [0.2, 0.25) is 5.82 Å². The van der Waals surface area contributed by atoms with Crippen LogP contribution in [-0.2, 0) is 6.54 Å². The van der Waals surface area contributed by atoms with E-state index in [1.165, 1.54) is 11.6 Å². The van der Waals surface area contributed by atoms with E-state index in [0.717, 1.165) is 36.5 Å². The minimum atomic E-state index is -0.869. The third-order valence-corrected chi connectivity index (χ3v) is 4.35. The van der Waals surface area contributed by atoms with Gasteiger partial charge in [0.15, 0.2) is 0 Å². The first-order valence-electron chi connectivity index (χ1n) is 8.94. The lowest BCUT2D eigenvalue weighted by Crippen LogP contribution is -2.21. The van der Waals surface area contributed by atoms with E-state index in [0.29, 0.717) is 5.69 Å². The van der Waals surface area contributed by atoms with Crippen LogP contribution in [0.5, 0.6) is 0 Å². The molecule has 0 radical (unpaired) electrons. The molecule has 6 heteroatoms. The van der Waals surface area contributed by atoms with Gasteiger partial charge in [-0.2, -0.15) is 4.39 Å². The lowest BCUT2D eigenvalue weighted by molar-refractivity contribution is -0.387. The van der Waals surface area contributed by atoms with Crippen LogP contribution in [0.25, 0.3) is 0 Å². The van der Waals surface area contributed by atoms with Crippen molar-refractivity contribution in [1.29, 1.82) is 0 Å². The Balaban J connectivity index is 1.72. The number of nitrogens with zero attached hydrogens (tertiary/aromatic N) is 3. The Hall–Kier alpha value is -3.54. The number of anilines is 1. The van der Waals surface area contributed by atoms with Crippen LogP contribution in [0.4, 0.5) is 21.5 Å². The fourth-order valence-electron chi connectivity index (χ4n) is 2.83. The molecule has 3 rings (SSSR count). The van der Waals surface area contributed by atoms with E-state index in [-0.39, 0.29) is 0 Å². The van der Waals surface area contributed by atoms with Crippen molar-refractivity contribution in [3.05, 3.63) is 99.9 Å². The summed E-state index contributed by atoms with van der Waals surface area (Å²) in [5.41, 5.74) is 2.95. The molecule has 3 aromatic carbocycles. The van der Waals surface area contributed by atoms with Crippen molar-refractivity contribution in [2.24, 2.45) is 4.99 Å². The molecule has 0 amide bonds. The first-order chi connectivity index (χ1) is 13.6. The molecule has 0 aliphatic carbocycles. The molecule has 3 aromatic rings. The summed E-state index contributed by atoms with van der Waals surface area (Å²) in [5, 5.41) is 10.8. The predicted molar refractivity (Wildman–Crippen MR) is 110 cm³/mol. The third kappa shape index (κ3) is 4.79. The second-order valence-electron chi connectivity index (χ2n) is 6.24. The Labute approximate surface area is 162 Å². The molecule has 0 aromatic heterocycles. The summed E-state index contributed by atoms with van der Waals surface area (Å²) in [6.45, 7) is 3.81. The summed E-state index contributed by atoms with van der Waals surface area (Å²) in [5.74, 6) is -0.869. The molecule has 142 valence electrons. The fourth-order valence-corrected chi connectivity index (χ4v) is 2.83. The number of rotatable bonds is 7. The van der Waals surface area contributed by atoms with Crippen LogP contribution in [-0.4, -0.2) is 17.7 Å². The predicted octanol–water partition coefficient (Wildman–Crippen LogP) is 5.51. The maximum atomic E-state index is 13.4. The number of hydrogen-bond acceptors (Lipinski definition) is 4. The SMILES string of the molecule is CCN(Cc1ccccc1)c1ccc(C=Nc2ccc(F)c([N+](=O)[O-])c2)cc1. The highest BCUT2D eigenvalue weighted by Gasteiger charge is 2.13. The first-order valence-corrected chi connectivity index (χ1v) is 8.94. The van der Waals surface area contributed by atoms with Gasteiger partial charge in [0.1, 0.15) is 0 Å². The Bertz CT molecular complexity index is 973. The molecule has 0 unspecified atom stereocenters. The molecule has 28 heavy (non-hydrogen) atoms. The van der Waals surface area contributed by atoms with Gasteiger partial charge in [-0.25, -0.2) is 0 Å². The highest BCUT2D eigenvalue weighted by molar-refractivity contribution is 5.82. The number of hydrogen-bond donors (Lipinski definition) is 0. The molecule has 0 N–H and O–H groups in total. The fraction of sp³-hybridized carbons (Fsp3) is 0.136. The van der Waals surface area contributed by atoms with Crippen molar-refractivity contribution in [2.75, 3.05) is 11.4 Å². The summed E-state index contributed by atoms with van der Waals surface area (Å²) in [7, 11) is 0. The molecule has 5 nitrogen and oxygen atoms in total. The summed E-state index contributed by atoms with van der Waals surface area (Å²) in [6, 6.07) is 21.8. The molecule has 0 aliphatic heterocycles. The van der Waals surface area contributed by atoms with E-state index in [4.69, 9.17) is 0 Å². The van der Waals surface area contributed by atoms with Crippen molar-refractivity contribution >= 4 is 23.3 Å². The Kier molecular flexibility index (Phi) is 6.11. The van der Waals surface area contributed by atoms with E-state index in [1.54, 1.807) is 6.21 Å². The van der Waals surface area contributed by atoms with E-state index in [9.17, 15) is 14.5 Å². The zero-order valence-electron chi connectivity index (χ0n) is 15.5. The van der Waals surface area contributed by atoms with Crippen LogP contribution >= 0.6 is 0 Å². The first kappa shape index (κ1) is 19.2. The average Bonchev–Trinajstić information content (AvgIpc) is 2.72. The lowest BCUT2D eigenvalue weighted by Gasteiger charge is -2.23. The third-order valence-electron chi connectivity index (χ3n) is 4.35. The van der Waals surface area contributed by atoms with E-state index in [2.05, 4.69) is 28.9 Å². The molecule has 0 bridgehead atoms. The molecule has 0 spiro atoms. The van der Waals surface area contributed by atoms with Crippen LogP contribution in [0.1, 0.15) is 18.1 Å². The highest BCUT2D eigenvalue weighted by atomic mass is 19.1. The minimum absolute atomic E-state index is 0.330. The van der Waals surface area contributed by atoms with Crippen LogP contribution in [0.3, 0.4) is 0 Å². The smallest absolute Gasteiger partial charge is 0.306 e. The zero-order chi connectivity index (χ0) is 19.9. The van der Waals surface area contributed by atoms with Crippen LogP contribution in [0.15, 0.2) is 77.8 Å². The number of halogens is 1. The van der Waals surface area contributed by atoms with Crippen molar-refractivity contribution < 1.29 is 9.31 Å². The highest BCUT2D eigenvalue weighted by Crippen LogP contribution is 2.24. The van der Waals surface area contributed by atoms with Crippen molar-refractivity contribution in [1.82, 2.24) is 0 Å². The van der Waals surface area contributed by atoms with Crippen LogP contribution < -0.4 is 4.90 Å². The zero-order valence-corrected chi connectivity index (χ0v) is 15.5. The van der Waals surface area contributed by atoms with E-state index >= 15 is 0 Å². The second kappa shape index (κ2) is 8.90. The quantitative estimate of drug-likeness (QED) is 0.310. The summed E-state index contributed by atoms with van der Waals surface area (Å²) in [4.78, 5) is 16.5. The van der Waals surface area contributed by atoms with Gasteiger partial charge in [-0.15, -0.1) is 0 Å². The number of nitro benzene ring substituents is 1. The summed E-state index contributed by atoms with van der Waals surface area (Å²) < 4.78 is 13.4. The second-order valence-corrected chi connectivity index (χ2v) is 6.24. The van der Waals surface area contributed by atoms with Crippen molar-refractivity contribution in [3.8, 4) is 0 Å². The maximum Gasteiger partial charge on any atom is 0.306 e. The number of aliphatic imine (C=N–C) groups is 1. The molecule has 0 aliphatic rings. The maximum absolute atomic E-state index is 13.4. The summed E-state index contributed by atoms with van der Waals surface area (Å²) >= 11 is 0. The van der Waals surface area contributed by atoms with Crippen molar-refractivity contribution in [3.63, 3.8) is 0 Å². The average molecular weight is 377 g/mol. The topological polar surface area (TPSA) is 58.7 Å². The normalized spacial score (nSPS) is 10.9. The van der Waals surface area contributed by atoms with Crippen LogP contribution in [0.2, 0.25) is 0 Å². The Morgan fingerprint density at radius 1 is 1.07 bits per heavy atom. The van der Waals surface area contributed by atoms with Gasteiger partial charge >= 0.3 is 5.69 Å². The van der Waals surface area contributed by atoms with Gasteiger partial charge in [-0.3, -0.25) is 15.1 Å². The lowest BCUT2D eigenvalue weighted by atomic mass is 10.1. The minimum Gasteiger partial charge on any atom is -0.367 e. The summed E-state index contributed by atoms with van der Waals surface area (Å²) in [6.07, 6.45) is 1.61. The Morgan fingerprint density at radius 3 is 2.43 bits per heavy atom. The molecule has 0 atom stereocenters. The van der Waals surface area contributed by atoms with Gasteiger partial charge in [0.05, 0.1) is 10.6 Å². The number of nitro groups is 1. The molecular formula is C22H20FN3O2. The molecule has 0 heterocycles. The van der Waals surface area contributed by atoms with Crippen LogP contribution in [0, 0.1) is 15.9 Å². The van der Waals surface area contributed by atoms with Gasteiger partial charge in [0.25, 0.3) is 0 Å². The van der Waals surface area contributed by atoms with Gasteiger partial charge in [0, 0.05) is 31.1 Å². The van der Waals surface area contributed by atoms with Gasteiger partial charge < -0.3 is 4.90 Å². The van der Waals surface area contributed by atoms with E-state index in [1.807, 2.05) is 42.5 Å². The van der Waals surface area contributed by atoms with Gasteiger partial charge in [-0.1, -0.05) is 42.5 Å². The molecule has 0 saturated heterocycles. The van der Waals surface area contributed by atoms with Gasteiger partial charge in [-0.05, 0) is 42.3 Å². The molecule has 0 saturated carbocycles. The molecular weight excluding hydrogens is 357 g/mol. The molecule has 0 fully saturated rings. The van der Waals surface area contributed by atoms with E-state index < -0.39 is 16.4 Å². The monoisotopic (exact) mass is 377 g/mol. The Morgan fingerprint density at radius 2 is 1.79 bits per heavy atom. The number of benzene rings is 3. The van der Waals surface area contributed by atoms with Crippen molar-refractivity contribution in [2.45, 2.75) is 13.5 Å². The standard InChI is InChI=1S/C22H20FN3O2/c1-2-25(16-18-6-4-3-5-7-18)20-11-8-17(9-12-20)15-24-19-10-13-21(23)22(14-19)26(27)28/h3-15H,2,16H2,1H3.